The summed E-state index contributed by atoms with van der Waals surface area (Å²) in [6.07, 6.45) is -5.06. The van der Waals surface area contributed by atoms with Gasteiger partial charge in [-0.05, 0) is 36.6 Å². The minimum Gasteiger partial charge on any atom is -0.493 e. The number of piperidine rings is 1. The number of pyridine rings is 1. The van der Waals surface area contributed by atoms with Crippen LogP contribution < -0.4 is 24.8 Å². The maximum Gasteiger partial charge on any atom is 0.490 e. The fraction of sp³-hybridized carbons (Fsp3) is 0.483. The smallest absolute Gasteiger partial charge is 0.490 e. The fourth-order valence-corrected chi connectivity index (χ4v) is 4.88. The number of alkyl halides is 6. The third-order valence-electron chi connectivity index (χ3n) is 7.36. The van der Waals surface area contributed by atoms with Gasteiger partial charge in [0.05, 0.1) is 28.0 Å². The number of rotatable bonds is 9. The normalized spacial score (nSPS) is 15.9. The van der Waals surface area contributed by atoms with E-state index in [2.05, 4.69) is 25.4 Å². The molecule has 0 unspecified atom stereocenters. The zero-order valence-corrected chi connectivity index (χ0v) is 26.5. The lowest BCUT2D eigenvalue weighted by atomic mass is 9.86. The number of aromatic nitrogens is 1. The van der Waals surface area contributed by atoms with Crippen molar-refractivity contribution < 1.29 is 69.9 Å². The average Bonchev–Trinajstić information content (AvgIpc) is 3.34. The first-order valence-corrected chi connectivity index (χ1v) is 14.2. The van der Waals surface area contributed by atoms with E-state index in [1.165, 1.54) is 21.3 Å². The van der Waals surface area contributed by atoms with Crippen LogP contribution in [0.1, 0.15) is 28.8 Å². The summed E-state index contributed by atoms with van der Waals surface area (Å²) in [6.45, 7) is 4.02. The molecule has 2 aliphatic rings. The second-order valence-corrected chi connectivity index (χ2v) is 10.4. The Balaban J connectivity index is 0.000000500. The number of likely N-dealkylation sites (tertiary alicyclic amines) is 1. The Morgan fingerprint density at radius 1 is 0.959 bits per heavy atom. The predicted octanol–water partition coefficient (Wildman–Crippen LogP) is 2.53. The summed E-state index contributed by atoms with van der Waals surface area (Å²) in [5, 5.41) is 20.2. The van der Waals surface area contributed by atoms with Crippen molar-refractivity contribution in [3.05, 3.63) is 47.8 Å². The first-order valence-electron chi connectivity index (χ1n) is 14.2. The Hall–Kier alpha value is -4.85. The van der Waals surface area contributed by atoms with E-state index in [1.807, 2.05) is 18.3 Å². The number of ether oxygens (including phenoxy) is 3. The summed E-state index contributed by atoms with van der Waals surface area (Å²) >= 11 is 0. The van der Waals surface area contributed by atoms with E-state index in [9.17, 15) is 35.9 Å². The van der Waals surface area contributed by atoms with E-state index in [1.54, 1.807) is 18.3 Å². The van der Waals surface area contributed by atoms with Crippen LogP contribution in [-0.4, -0.2) is 121 Å². The molecule has 49 heavy (non-hydrogen) atoms. The molecule has 1 aromatic heterocycles. The second kappa shape index (κ2) is 17.5. The van der Waals surface area contributed by atoms with E-state index in [0.717, 1.165) is 31.5 Å². The zero-order chi connectivity index (χ0) is 37.0. The molecule has 4 N–H and O–H groups in total. The molecule has 0 bridgehead atoms. The van der Waals surface area contributed by atoms with Gasteiger partial charge in [-0.1, -0.05) is 6.07 Å². The quantitative estimate of drug-likeness (QED) is 0.280. The van der Waals surface area contributed by atoms with Crippen LogP contribution in [0.3, 0.4) is 0 Å². The molecule has 2 aromatic rings. The third kappa shape index (κ3) is 11.4. The van der Waals surface area contributed by atoms with Crippen molar-refractivity contribution >= 4 is 23.8 Å². The number of halogens is 6. The number of aliphatic carboxylic acids is 2. The van der Waals surface area contributed by atoms with Gasteiger partial charge in [0.25, 0.3) is 5.91 Å². The Labute approximate surface area is 275 Å². The number of methoxy groups -OCH3 is 3. The van der Waals surface area contributed by atoms with Gasteiger partial charge in [0.15, 0.2) is 11.5 Å². The maximum absolute atomic E-state index is 12.8. The van der Waals surface area contributed by atoms with Gasteiger partial charge in [-0.15, -0.1) is 0 Å². The Bertz CT molecular complexity index is 1390. The highest BCUT2D eigenvalue weighted by Crippen LogP contribution is 2.38. The SMILES string of the molecule is COc1cc(C(=O)NCCN2CCC3(CC2)C(=O)NCN3Cc2cccnc2)cc(OC)c1OC.O=C(O)C(F)(F)F.O=C(O)C(F)(F)F. The number of benzene rings is 1. The van der Waals surface area contributed by atoms with Crippen LogP contribution in [0.15, 0.2) is 36.7 Å². The number of carbonyl (C=O) groups is 4. The molecule has 2 fully saturated rings. The molecule has 2 amide bonds. The van der Waals surface area contributed by atoms with Crippen molar-refractivity contribution in [1.29, 1.82) is 0 Å². The van der Waals surface area contributed by atoms with Gasteiger partial charge in [0.2, 0.25) is 11.7 Å². The average molecular weight is 712 g/mol. The van der Waals surface area contributed by atoms with E-state index < -0.39 is 29.8 Å². The molecule has 0 aliphatic carbocycles. The molecule has 272 valence electrons. The molecule has 0 radical (unpaired) electrons. The third-order valence-corrected chi connectivity index (χ3v) is 7.36. The zero-order valence-electron chi connectivity index (χ0n) is 26.5. The standard InChI is InChI=1S/C25H33N5O5.2C2HF3O2/c1-33-20-13-19(14-21(34-2)22(20)35-3)23(31)27-9-12-29-10-6-25(7-11-29)24(32)28-17-30(25)16-18-5-4-8-26-15-18;2*3-2(4,5)1(6)7/h4-5,8,13-15H,6-7,9-12,16-17H2,1-3H3,(H,27,31)(H,28,32);2*(H,6,7). The van der Waals surface area contributed by atoms with Crippen molar-refractivity contribution in [3.8, 4) is 17.2 Å². The van der Waals surface area contributed by atoms with Gasteiger partial charge < -0.3 is 40.0 Å². The van der Waals surface area contributed by atoms with Crippen LogP contribution in [0, 0.1) is 0 Å². The highest BCUT2D eigenvalue weighted by molar-refractivity contribution is 5.95. The summed E-state index contributed by atoms with van der Waals surface area (Å²) in [6, 6.07) is 7.23. The van der Waals surface area contributed by atoms with E-state index in [0.29, 0.717) is 49.1 Å². The number of nitrogens with one attached hydrogen (secondary N) is 2. The fourth-order valence-electron chi connectivity index (χ4n) is 4.88. The first kappa shape index (κ1) is 40.3. The molecule has 3 heterocycles. The molecule has 2 aliphatic heterocycles. The number of carbonyl (C=O) groups excluding carboxylic acids is 2. The number of carboxylic acid groups (broad SMARTS) is 2. The number of hydrogen-bond donors (Lipinski definition) is 4. The molecule has 1 aromatic carbocycles. The minimum atomic E-state index is -5.08. The highest BCUT2D eigenvalue weighted by atomic mass is 19.4. The summed E-state index contributed by atoms with van der Waals surface area (Å²) in [4.78, 5) is 52.0. The lowest BCUT2D eigenvalue weighted by Gasteiger charge is -2.42. The Morgan fingerprint density at radius 3 is 1.92 bits per heavy atom. The van der Waals surface area contributed by atoms with Gasteiger partial charge in [-0.2, -0.15) is 26.3 Å². The largest absolute Gasteiger partial charge is 0.493 e. The molecular formula is C29H35F6N5O9. The molecule has 0 saturated carbocycles. The second-order valence-electron chi connectivity index (χ2n) is 10.4. The topological polar surface area (TPSA) is 180 Å². The van der Waals surface area contributed by atoms with Crippen molar-refractivity contribution in [2.24, 2.45) is 0 Å². The van der Waals surface area contributed by atoms with E-state index >= 15 is 0 Å². The summed E-state index contributed by atoms with van der Waals surface area (Å²) in [5.74, 6) is -4.30. The van der Waals surface area contributed by atoms with Crippen molar-refractivity contribution in [2.75, 3.05) is 54.2 Å². The van der Waals surface area contributed by atoms with Crippen LogP contribution in [0.25, 0.3) is 0 Å². The van der Waals surface area contributed by atoms with Crippen molar-refractivity contribution in [2.45, 2.75) is 37.3 Å². The van der Waals surface area contributed by atoms with Gasteiger partial charge >= 0.3 is 24.3 Å². The molecule has 4 rings (SSSR count). The van der Waals surface area contributed by atoms with Gasteiger partial charge in [-0.25, -0.2) is 9.59 Å². The molecular weight excluding hydrogens is 676 g/mol. The monoisotopic (exact) mass is 711 g/mol. The van der Waals surface area contributed by atoms with Crippen molar-refractivity contribution in [3.63, 3.8) is 0 Å². The Kier molecular flexibility index (Phi) is 14.4. The van der Waals surface area contributed by atoms with Gasteiger partial charge in [0.1, 0.15) is 5.54 Å². The number of hydrogen-bond acceptors (Lipinski definition) is 10. The minimum absolute atomic E-state index is 0.108. The number of amides is 2. The van der Waals surface area contributed by atoms with E-state index in [4.69, 9.17) is 34.0 Å². The molecule has 14 nitrogen and oxygen atoms in total. The summed E-state index contributed by atoms with van der Waals surface area (Å²) in [7, 11) is 4.56. The Morgan fingerprint density at radius 2 is 1.49 bits per heavy atom. The van der Waals surface area contributed by atoms with Crippen LogP contribution >= 0.6 is 0 Å². The maximum atomic E-state index is 12.8. The highest BCUT2D eigenvalue weighted by Gasteiger charge is 2.50. The van der Waals surface area contributed by atoms with Crippen LogP contribution in [0.4, 0.5) is 26.3 Å². The van der Waals surface area contributed by atoms with Gasteiger partial charge in [0, 0.05) is 50.7 Å². The van der Waals surface area contributed by atoms with Gasteiger partial charge in [-0.3, -0.25) is 19.5 Å². The van der Waals surface area contributed by atoms with Crippen LogP contribution in [0.5, 0.6) is 17.2 Å². The lowest BCUT2D eigenvalue weighted by Crippen LogP contribution is -2.56. The molecule has 0 atom stereocenters. The van der Waals surface area contributed by atoms with Crippen LogP contribution in [0.2, 0.25) is 0 Å². The first-order chi connectivity index (χ1) is 22.9. The number of nitrogens with zero attached hydrogens (tertiary/aromatic N) is 3. The lowest BCUT2D eigenvalue weighted by molar-refractivity contribution is -0.193. The molecule has 20 heteroatoms. The summed E-state index contributed by atoms with van der Waals surface area (Å²) in [5.41, 5.74) is 1.05. The van der Waals surface area contributed by atoms with Crippen molar-refractivity contribution in [1.82, 2.24) is 25.4 Å². The van der Waals surface area contributed by atoms with E-state index in [-0.39, 0.29) is 11.8 Å². The number of carboxylic acids is 2. The molecule has 2 saturated heterocycles. The molecule has 1 spiro atoms. The van der Waals surface area contributed by atoms with Crippen LogP contribution in [-0.2, 0) is 20.9 Å². The summed E-state index contributed by atoms with van der Waals surface area (Å²) < 4.78 is 79.5. The predicted molar refractivity (Wildman–Crippen MR) is 157 cm³/mol.